The van der Waals surface area contributed by atoms with Crippen LogP contribution in [-0.4, -0.2) is 47.2 Å². The van der Waals surface area contributed by atoms with Gasteiger partial charge in [-0.25, -0.2) is 0 Å². The SMILES string of the molecule is O=C(/C=C/c1ccc(Cl)c(Cl)c1)NCCCCCN1CCC(c2cn[nH]c2-c2ccccc2)CC1. The van der Waals surface area contributed by atoms with E-state index in [0.29, 0.717) is 22.5 Å². The summed E-state index contributed by atoms with van der Waals surface area (Å²) >= 11 is 11.9. The van der Waals surface area contributed by atoms with Gasteiger partial charge >= 0.3 is 0 Å². The number of nitrogens with one attached hydrogen (secondary N) is 2. The number of aromatic amines is 1. The van der Waals surface area contributed by atoms with E-state index in [1.54, 1.807) is 18.2 Å². The summed E-state index contributed by atoms with van der Waals surface area (Å²) in [6.45, 7) is 4.06. The molecule has 0 atom stereocenters. The molecule has 3 aromatic rings. The fourth-order valence-corrected chi connectivity index (χ4v) is 4.91. The molecule has 4 rings (SSSR count). The summed E-state index contributed by atoms with van der Waals surface area (Å²) in [7, 11) is 0. The predicted molar refractivity (Wildman–Crippen MR) is 145 cm³/mol. The Kier molecular flexibility index (Phi) is 9.41. The van der Waals surface area contributed by atoms with Gasteiger partial charge in [0.25, 0.3) is 0 Å². The minimum absolute atomic E-state index is 0.0905. The molecule has 1 aliphatic heterocycles. The maximum atomic E-state index is 12.0. The van der Waals surface area contributed by atoms with E-state index in [-0.39, 0.29) is 5.91 Å². The smallest absolute Gasteiger partial charge is 0.243 e. The Hall–Kier alpha value is -2.60. The van der Waals surface area contributed by atoms with Crippen LogP contribution in [0.25, 0.3) is 17.3 Å². The Bertz CT molecular complexity index is 1120. The minimum Gasteiger partial charge on any atom is -0.353 e. The second-order valence-electron chi connectivity index (χ2n) is 9.04. The molecule has 1 aliphatic rings. The van der Waals surface area contributed by atoms with E-state index < -0.39 is 0 Å². The van der Waals surface area contributed by atoms with Crippen LogP contribution in [0.4, 0.5) is 0 Å². The quantitative estimate of drug-likeness (QED) is 0.239. The van der Waals surface area contributed by atoms with E-state index in [9.17, 15) is 4.79 Å². The van der Waals surface area contributed by atoms with Crippen molar-refractivity contribution in [1.29, 1.82) is 0 Å². The van der Waals surface area contributed by atoms with Crippen molar-refractivity contribution >= 4 is 35.2 Å². The number of nitrogens with zero attached hydrogens (tertiary/aromatic N) is 2. The average Bonchev–Trinajstić information content (AvgIpc) is 3.38. The number of piperidine rings is 1. The zero-order chi connectivity index (χ0) is 24.5. The molecule has 0 aliphatic carbocycles. The molecule has 0 bridgehead atoms. The summed E-state index contributed by atoms with van der Waals surface area (Å²) in [4.78, 5) is 14.6. The normalized spacial score (nSPS) is 15.0. The number of rotatable bonds is 10. The van der Waals surface area contributed by atoms with Crippen LogP contribution in [0.2, 0.25) is 10.0 Å². The third kappa shape index (κ3) is 7.44. The van der Waals surface area contributed by atoms with E-state index >= 15 is 0 Å². The molecular weight excluding hydrogens is 479 g/mol. The van der Waals surface area contributed by atoms with Gasteiger partial charge in [-0.3, -0.25) is 9.89 Å². The van der Waals surface area contributed by atoms with Gasteiger partial charge in [0, 0.05) is 18.2 Å². The lowest BCUT2D eigenvalue weighted by Crippen LogP contribution is -2.33. The number of likely N-dealkylation sites (tertiary alicyclic amines) is 1. The lowest BCUT2D eigenvalue weighted by Gasteiger charge is -2.32. The highest BCUT2D eigenvalue weighted by Gasteiger charge is 2.23. The van der Waals surface area contributed by atoms with Gasteiger partial charge in [0.1, 0.15) is 0 Å². The summed E-state index contributed by atoms with van der Waals surface area (Å²) in [5.74, 6) is 0.472. The summed E-state index contributed by atoms with van der Waals surface area (Å²) in [5, 5.41) is 11.5. The molecule has 1 fully saturated rings. The number of carbonyl (C=O) groups is 1. The van der Waals surface area contributed by atoms with Crippen molar-refractivity contribution in [2.75, 3.05) is 26.2 Å². The van der Waals surface area contributed by atoms with E-state index in [4.69, 9.17) is 23.2 Å². The van der Waals surface area contributed by atoms with Crippen LogP contribution >= 0.6 is 23.2 Å². The molecule has 2 aromatic carbocycles. The number of hydrogen-bond acceptors (Lipinski definition) is 3. The number of carbonyl (C=O) groups excluding carboxylic acids is 1. The van der Waals surface area contributed by atoms with Gasteiger partial charge in [-0.2, -0.15) is 5.10 Å². The molecule has 184 valence electrons. The van der Waals surface area contributed by atoms with Crippen molar-refractivity contribution in [3.05, 3.63) is 82.0 Å². The zero-order valence-corrected chi connectivity index (χ0v) is 21.4. The lowest BCUT2D eigenvalue weighted by molar-refractivity contribution is -0.116. The molecule has 0 radical (unpaired) electrons. The van der Waals surface area contributed by atoms with Crippen molar-refractivity contribution < 1.29 is 4.79 Å². The summed E-state index contributed by atoms with van der Waals surface area (Å²) in [5.41, 5.74) is 4.57. The first-order valence-electron chi connectivity index (χ1n) is 12.3. The number of unbranched alkanes of at least 4 members (excludes halogenated alkanes) is 2. The van der Waals surface area contributed by atoms with Crippen LogP contribution in [0.15, 0.2) is 60.8 Å². The van der Waals surface area contributed by atoms with Gasteiger partial charge in [-0.1, -0.05) is 66.0 Å². The molecule has 7 heteroatoms. The molecule has 1 aromatic heterocycles. The predicted octanol–water partition coefficient (Wildman–Crippen LogP) is 6.56. The number of H-pyrrole nitrogens is 1. The molecule has 2 heterocycles. The number of hydrogen-bond donors (Lipinski definition) is 2. The fourth-order valence-electron chi connectivity index (χ4n) is 4.60. The maximum Gasteiger partial charge on any atom is 0.243 e. The van der Waals surface area contributed by atoms with E-state index in [0.717, 1.165) is 50.2 Å². The highest BCUT2D eigenvalue weighted by molar-refractivity contribution is 6.42. The molecule has 0 unspecified atom stereocenters. The maximum absolute atomic E-state index is 12.0. The monoisotopic (exact) mass is 510 g/mol. The Morgan fingerprint density at radius 2 is 1.86 bits per heavy atom. The topological polar surface area (TPSA) is 61.0 Å². The summed E-state index contributed by atoms with van der Waals surface area (Å²) < 4.78 is 0. The van der Waals surface area contributed by atoms with Crippen molar-refractivity contribution in [3.8, 4) is 11.3 Å². The number of aromatic nitrogens is 2. The number of benzene rings is 2. The minimum atomic E-state index is -0.0905. The second-order valence-corrected chi connectivity index (χ2v) is 9.86. The molecule has 5 nitrogen and oxygen atoms in total. The van der Waals surface area contributed by atoms with Crippen LogP contribution in [0, 0.1) is 0 Å². The number of halogens is 2. The highest BCUT2D eigenvalue weighted by atomic mass is 35.5. The van der Waals surface area contributed by atoms with Crippen LogP contribution in [0.3, 0.4) is 0 Å². The van der Waals surface area contributed by atoms with Gasteiger partial charge < -0.3 is 10.2 Å². The van der Waals surface area contributed by atoms with Gasteiger partial charge in [0.05, 0.1) is 21.9 Å². The fraction of sp³-hybridized carbons (Fsp3) is 0.357. The van der Waals surface area contributed by atoms with Crippen molar-refractivity contribution in [2.45, 2.75) is 38.0 Å². The third-order valence-electron chi connectivity index (χ3n) is 6.58. The second kappa shape index (κ2) is 12.9. The molecule has 1 saturated heterocycles. The van der Waals surface area contributed by atoms with Gasteiger partial charge in [-0.15, -0.1) is 0 Å². The van der Waals surface area contributed by atoms with Gasteiger partial charge in [-0.05, 0) is 80.6 Å². The largest absolute Gasteiger partial charge is 0.353 e. The first-order chi connectivity index (χ1) is 17.1. The van der Waals surface area contributed by atoms with E-state index in [2.05, 4.69) is 44.7 Å². The van der Waals surface area contributed by atoms with Crippen LogP contribution in [0.5, 0.6) is 0 Å². The first kappa shape index (κ1) is 25.5. The lowest BCUT2D eigenvalue weighted by atomic mass is 9.88. The average molecular weight is 511 g/mol. The first-order valence-corrected chi connectivity index (χ1v) is 13.1. The molecule has 2 N–H and O–H groups in total. The van der Waals surface area contributed by atoms with Gasteiger partial charge in [0.2, 0.25) is 5.91 Å². The molecule has 1 amide bonds. The van der Waals surface area contributed by atoms with E-state index in [1.807, 2.05) is 18.3 Å². The Morgan fingerprint density at radius 1 is 1.06 bits per heavy atom. The Balaban J connectivity index is 1.10. The van der Waals surface area contributed by atoms with E-state index in [1.165, 1.54) is 30.0 Å². The van der Waals surface area contributed by atoms with Crippen LogP contribution in [-0.2, 0) is 4.79 Å². The molecule has 0 saturated carbocycles. The Labute approximate surface area is 217 Å². The van der Waals surface area contributed by atoms with Crippen LogP contribution in [0.1, 0.15) is 49.1 Å². The summed E-state index contributed by atoms with van der Waals surface area (Å²) in [6.07, 6.45) is 10.9. The number of amides is 1. The molecule has 35 heavy (non-hydrogen) atoms. The van der Waals surface area contributed by atoms with Crippen LogP contribution < -0.4 is 5.32 Å². The van der Waals surface area contributed by atoms with Crippen molar-refractivity contribution in [2.24, 2.45) is 0 Å². The standard InChI is InChI=1S/C28H32Cl2N4O/c29-25-11-9-21(19-26(25)30)10-12-27(35)31-15-5-2-6-16-34-17-13-22(14-18-34)24-20-32-33-28(24)23-7-3-1-4-8-23/h1,3-4,7-12,19-20,22H,2,5-6,13-18H2,(H,31,35)(H,32,33)/b12-10+. The molecule has 0 spiro atoms. The van der Waals surface area contributed by atoms with Crippen molar-refractivity contribution in [3.63, 3.8) is 0 Å². The Morgan fingerprint density at radius 3 is 2.63 bits per heavy atom. The van der Waals surface area contributed by atoms with Gasteiger partial charge in [0.15, 0.2) is 0 Å². The molecular formula is C28H32Cl2N4O. The van der Waals surface area contributed by atoms with Crippen molar-refractivity contribution in [1.82, 2.24) is 20.4 Å². The highest BCUT2D eigenvalue weighted by Crippen LogP contribution is 2.34. The zero-order valence-electron chi connectivity index (χ0n) is 19.9. The third-order valence-corrected chi connectivity index (χ3v) is 7.32. The summed E-state index contributed by atoms with van der Waals surface area (Å²) in [6, 6.07) is 15.8.